The summed E-state index contributed by atoms with van der Waals surface area (Å²) >= 11 is 0. The fraction of sp³-hybridized carbons (Fsp3) is 1.00. The molecule has 0 unspecified atom stereocenters. The minimum atomic E-state index is 0.597. The topological polar surface area (TPSA) is 35.2 Å². The van der Waals surface area contributed by atoms with E-state index in [-0.39, 0.29) is 0 Å². The third-order valence-electron chi connectivity index (χ3n) is 0.874. The fourth-order valence-corrected chi connectivity index (χ4v) is 0.354. The second kappa shape index (κ2) is 15.7. The lowest BCUT2D eigenvalue weighted by molar-refractivity contribution is 0.152. The number of hydrogen-bond donors (Lipinski definition) is 1. The van der Waals surface area contributed by atoms with E-state index in [1.54, 1.807) is 0 Å². The highest BCUT2D eigenvalue weighted by atomic mass is 16.6. The predicted molar refractivity (Wildman–Crippen MR) is 41.0 cm³/mol. The van der Waals surface area contributed by atoms with Gasteiger partial charge in [-0.05, 0) is 6.92 Å². The average molecular weight is 133 g/mol. The molecule has 0 heterocycles. The summed E-state index contributed by atoms with van der Waals surface area (Å²) in [6.07, 6.45) is 4.08. The van der Waals surface area contributed by atoms with Gasteiger partial charge >= 0.3 is 0 Å². The van der Waals surface area contributed by atoms with E-state index in [1.165, 1.54) is 19.3 Å². The molecule has 0 radical (unpaired) electrons. The Morgan fingerprint density at radius 3 is 1.44 bits per heavy atom. The normalized spacial score (nSPS) is 8.00. The molecule has 0 saturated carbocycles. The van der Waals surface area contributed by atoms with Gasteiger partial charge in [0.1, 0.15) is 0 Å². The number of nitrogens with two attached hydrogens (primary N) is 1. The van der Waals surface area contributed by atoms with Gasteiger partial charge in [-0.15, -0.1) is 0 Å². The molecule has 0 aliphatic rings. The van der Waals surface area contributed by atoms with Crippen molar-refractivity contribution >= 4 is 0 Å². The van der Waals surface area contributed by atoms with Crippen molar-refractivity contribution in [2.75, 3.05) is 6.61 Å². The molecule has 2 N–H and O–H groups in total. The zero-order chi connectivity index (χ0) is 7.54. The lowest BCUT2D eigenvalue weighted by atomic mass is 10.3. The van der Waals surface area contributed by atoms with Crippen LogP contribution in [0.25, 0.3) is 0 Å². The maximum atomic E-state index is 4.53. The van der Waals surface area contributed by atoms with Gasteiger partial charge < -0.3 is 4.84 Å². The van der Waals surface area contributed by atoms with E-state index in [4.69, 9.17) is 0 Å². The van der Waals surface area contributed by atoms with Crippen molar-refractivity contribution in [1.82, 2.24) is 0 Å². The maximum Gasteiger partial charge on any atom is 0.0651 e. The lowest BCUT2D eigenvalue weighted by Crippen LogP contribution is -1.94. The first-order valence-electron chi connectivity index (χ1n) is 3.65. The molecule has 58 valence electrons. The maximum absolute atomic E-state index is 4.53. The summed E-state index contributed by atoms with van der Waals surface area (Å²) in [4.78, 5) is 4.04. The molecule has 0 bridgehead atoms. The summed E-state index contributed by atoms with van der Waals surface area (Å²) < 4.78 is 0. The van der Waals surface area contributed by atoms with Crippen molar-refractivity contribution in [3.63, 3.8) is 0 Å². The molecular weight excluding hydrogens is 114 g/mol. The first-order valence-corrected chi connectivity index (χ1v) is 3.65. The van der Waals surface area contributed by atoms with Gasteiger partial charge in [-0.2, -0.15) is 0 Å². The van der Waals surface area contributed by atoms with Gasteiger partial charge in [0.05, 0.1) is 6.61 Å². The molecule has 9 heavy (non-hydrogen) atoms. The quantitative estimate of drug-likeness (QED) is 0.598. The Balaban J connectivity index is 0. The van der Waals surface area contributed by atoms with Crippen LogP contribution in [0.1, 0.15) is 40.0 Å². The number of rotatable bonds is 3. The zero-order valence-electron chi connectivity index (χ0n) is 6.81. The first kappa shape index (κ1) is 11.7. The SMILES string of the molecule is CCCCC.CCON. The summed E-state index contributed by atoms with van der Waals surface area (Å²) in [5.41, 5.74) is 0. The second-order valence-corrected chi connectivity index (χ2v) is 1.81. The van der Waals surface area contributed by atoms with Crippen LogP contribution in [0.4, 0.5) is 0 Å². The monoisotopic (exact) mass is 133 g/mol. The smallest absolute Gasteiger partial charge is 0.0651 e. The molecule has 0 aromatic carbocycles. The predicted octanol–water partition coefficient (Wildman–Crippen LogP) is 2.09. The van der Waals surface area contributed by atoms with Crippen LogP contribution in [0.2, 0.25) is 0 Å². The van der Waals surface area contributed by atoms with Gasteiger partial charge in [-0.25, -0.2) is 5.90 Å². The van der Waals surface area contributed by atoms with Crippen LogP contribution >= 0.6 is 0 Å². The van der Waals surface area contributed by atoms with Gasteiger partial charge in [0.15, 0.2) is 0 Å². The average Bonchev–Trinajstić information content (AvgIpc) is 1.91. The highest BCUT2D eigenvalue weighted by Crippen LogP contribution is 1.88. The molecule has 2 heteroatoms. The van der Waals surface area contributed by atoms with Crippen molar-refractivity contribution < 1.29 is 4.84 Å². The molecule has 0 saturated heterocycles. The molecule has 0 aliphatic carbocycles. The van der Waals surface area contributed by atoms with E-state index in [0.717, 1.165) is 0 Å². The van der Waals surface area contributed by atoms with Crippen LogP contribution in [0.15, 0.2) is 0 Å². The Hall–Kier alpha value is -0.0800. The minimum Gasteiger partial charge on any atom is -0.305 e. The molecule has 0 fully saturated rings. The standard InChI is InChI=1S/C5H12.C2H7NO/c1-3-5-4-2;1-2-4-3/h3-5H2,1-2H3;2-3H2,1H3. The second-order valence-electron chi connectivity index (χ2n) is 1.81. The van der Waals surface area contributed by atoms with E-state index >= 15 is 0 Å². The third-order valence-corrected chi connectivity index (χ3v) is 0.874. The Morgan fingerprint density at radius 2 is 1.44 bits per heavy atom. The van der Waals surface area contributed by atoms with E-state index in [0.29, 0.717) is 6.61 Å². The van der Waals surface area contributed by atoms with Crippen molar-refractivity contribution in [3.05, 3.63) is 0 Å². The summed E-state index contributed by atoms with van der Waals surface area (Å²) in [7, 11) is 0. The van der Waals surface area contributed by atoms with Gasteiger partial charge in [-0.1, -0.05) is 33.1 Å². The van der Waals surface area contributed by atoms with Crippen LogP contribution in [-0.4, -0.2) is 6.61 Å². The van der Waals surface area contributed by atoms with Crippen molar-refractivity contribution in [2.45, 2.75) is 40.0 Å². The molecule has 0 rings (SSSR count). The van der Waals surface area contributed by atoms with Crippen molar-refractivity contribution in [2.24, 2.45) is 5.90 Å². The van der Waals surface area contributed by atoms with E-state index in [1.807, 2.05) is 6.92 Å². The molecule has 2 nitrogen and oxygen atoms in total. The van der Waals surface area contributed by atoms with Crippen LogP contribution in [0.5, 0.6) is 0 Å². The lowest BCUT2D eigenvalue weighted by Gasteiger charge is -1.79. The van der Waals surface area contributed by atoms with Crippen LogP contribution < -0.4 is 5.90 Å². The summed E-state index contributed by atoms with van der Waals surface area (Å²) in [5, 5.41) is 0. The zero-order valence-corrected chi connectivity index (χ0v) is 6.81. The highest BCUT2D eigenvalue weighted by molar-refractivity contribution is 4.24. The Bertz CT molecular complexity index is 28.1. The first-order chi connectivity index (χ1) is 4.33. The van der Waals surface area contributed by atoms with Gasteiger partial charge in [0.2, 0.25) is 0 Å². The third kappa shape index (κ3) is 32.6. The van der Waals surface area contributed by atoms with Crippen LogP contribution in [-0.2, 0) is 4.84 Å². The van der Waals surface area contributed by atoms with E-state index < -0.39 is 0 Å². The van der Waals surface area contributed by atoms with Crippen LogP contribution in [0, 0.1) is 0 Å². The van der Waals surface area contributed by atoms with Crippen molar-refractivity contribution in [1.29, 1.82) is 0 Å². The highest BCUT2D eigenvalue weighted by Gasteiger charge is 1.68. The van der Waals surface area contributed by atoms with Gasteiger partial charge in [0.25, 0.3) is 0 Å². The van der Waals surface area contributed by atoms with Crippen LogP contribution in [0.3, 0.4) is 0 Å². The molecule has 0 atom stereocenters. The van der Waals surface area contributed by atoms with Crippen molar-refractivity contribution in [3.8, 4) is 0 Å². The summed E-state index contributed by atoms with van der Waals surface area (Å²) in [6.45, 7) is 6.85. The minimum absolute atomic E-state index is 0.597. The molecular formula is C7H19NO. The largest absolute Gasteiger partial charge is 0.305 e. The molecule has 0 aliphatic heterocycles. The number of unbranched alkanes of at least 4 members (excludes halogenated alkanes) is 2. The Morgan fingerprint density at radius 1 is 1.11 bits per heavy atom. The molecule has 0 aromatic rings. The number of hydrogen-bond acceptors (Lipinski definition) is 2. The van der Waals surface area contributed by atoms with Gasteiger partial charge in [-0.3, -0.25) is 0 Å². The van der Waals surface area contributed by atoms with E-state index in [2.05, 4.69) is 24.6 Å². The summed E-state index contributed by atoms with van der Waals surface area (Å²) in [6, 6.07) is 0. The van der Waals surface area contributed by atoms with Gasteiger partial charge in [0, 0.05) is 0 Å². The Kier molecular flexibility index (Phi) is 20.3. The molecule has 0 amide bonds. The molecule has 0 spiro atoms. The Labute approximate surface area is 58.3 Å². The molecule has 0 aromatic heterocycles. The van der Waals surface area contributed by atoms with E-state index in [9.17, 15) is 0 Å². The fourth-order valence-electron chi connectivity index (χ4n) is 0.354. The summed E-state index contributed by atoms with van der Waals surface area (Å²) in [5.74, 6) is 4.53.